The highest BCUT2D eigenvalue weighted by Gasteiger charge is 2.24. The van der Waals surface area contributed by atoms with E-state index >= 15 is 0 Å². The first-order valence-corrected chi connectivity index (χ1v) is 12.3. The number of para-hydroxylation sites is 1. The summed E-state index contributed by atoms with van der Waals surface area (Å²) in [4.78, 5) is 34.7. The molecular weight excluding hydrogens is 470 g/mol. The molecule has 10 heteroatoms. The van der Waals surface area contributed by atoms with E-state index < -0.39 is 5.97 Å². The first kappa shape index (κ1) is 24.4. The number of hydrogen-bond acceptors (Lipinski definition) is 7. The molecule has 10 nitrogen and oxygen atoms in total. The fourth-order valence-corrected chi connectivity index (χ4v) is 4.97. The van der Waals surface area contributed by atoms with Gasteiger partial charge in [-0.05, 0) is 44.5 Å². The van der Waals surface area contributed by atoms with Gasteiger partial charge in [0.25, 0.3) is 5.56 Å². The number of hydrogen-bond donors (Lipinski definition) is 2. The normalized spacial score (nSPS) is 14.7. The van der Waals surface area contributed by atoms with E-state index in [-0.39, 0.29) is 17.2 Å². The lowest BCUT2D eigenvalue weighted by Gasteiger charge is -2.36. The first-order valence-electron chi connectivity index (χ1n) is 12.3. The molecule has 4 heterocycles. The summed E-state index contributed by atoms with van der Waals surface area (Å²) in [7, 11) is 1.91. The molecule has 0 saturated carbocycles. The van der Waals surface area contributed by atoms with Crippen LogP contribution in [0.4, 0.5) is 17.2 Å². The third-order valence-corrected chi connectivity index (χ3v) is 6.92. The molecular formula is C27H31N7O3. The van der Waals surface area contributed by atoms with Gasteiger partial charge in [0.1, 0.15) is 11.5 Å². The van der Waals surface area contributed by atoms with Gasteiger partial charge in [-0.1, -0.05) is 12.1 Å². The molecule has 1 atom stereocenters. The predicted molar refractivity (Wildman–Crippen MR) is 144 cm³/mol. The van der Waals surface area contributed by atoms with E-state index in [0.29, 0.717) is 22.7 Å². The summed E-state index contributed by atoms with van der Waals surface area (Å²) in [6.45, 7) is 8.80. The number of anilines is 3. The van der Waals surface area contributed by atoms with Gasteiger partial charge in [0.05, 0.1) is 29.1 Å². The van der Waals surface area contributed by atoms with Gasteiger partial charge >= 0.3 is 5.97 Å². The maximum Gasteiger partial charge on any atom is 0.337 e. The minimum atomic E-state index is -0.998. The number of nitrogens with one attached hydrogen (secondary N) is 1. The molecule has 0 unspecified atom stereocenters. The summed E-state index contributed by atoms with van der Waals surface area (Å²) in [6.07, 6.45) is 5.68. The fraction of sp³-hybridized carbons (Fsp3) is 0.333. The molecule has 3 aromatic heterocycles. The monoisotopic (exact) mass is 501 g/mol. The van der Waals surface area contributed by atoms with Gasteiger partial charge in [-0.3, -0.25) is 13.9 Å². The summed E-state index contributed by atoms with van der Waals surface area (Å²) in [5.41, 5.74) is 4.63. The van der Waals surface area contributed by atoms with Gasteiger partial charge in [0.15, 0.2) is 0 Å². The average molecular weight is 502 g/mol. The molecule has 4 aromatic rings. The quantitative estimate of drug-likeness (QED) is 0.415. The molecule has 0 amide bonds. The Morgan fingerprint density at radius 1 is 1.08 bits per heavy atom. The molecule has 1 aliphatic heterocycles. The van der Waals surface area contributed by atoms with Crippen molar-refractivity contribution in [2.45, 2.75) is 26.8 Å². The van der Waals surface area contributed by atoms with Crippen LogP contribution in [-0.4, -0.2) is 56.4 Å². The van der Waals surface area contributed by atoms with Gasteiger partial charge in [-0.2, -0.15) is 5.10 Å². The zero-order valence-electron chi connectivity index (χ0n) is 21.5. The fourth-order valence-electron chi connectivity index (χ4n) is 4.97. The van der Waals surface area contributed by atoms with Crippen LogP contribution in [0.15, 0.2) is 53.7 Å². The maximum absolute atomic E-state index is 13.5. The average Bonchev–Trinajstić information content (AvgIpc) is 3.32. The number of carboxylic acids is 1. The summed E-state index contributed by atoms with van der Waals surface area (Å²) < 4.78 is 3.40. The third kappa shape index (κ3) is 4.62. The summed E-state index contributed by atoms with van der Waals surface area (Å²) in [6, 6.07) is 8.52. The maximum atomic E-state index is 13.5. The van der Waals surface area contributed by atoms with Crippen LogP contribution in [0.1, 0.15) is 40.0 Å². The number of pyridine rings is 1. The Balaban J connectivity index is 1.50. The topological polar surface area (TPSA) is 108 Å². The number of carboxylic acid groups (broad SMARTS) is 1. The molecule has 5 rings (SSSR count). The number of rotatable bonds is 6. The highest BCUT2D eigenvalue weighted by atomic mass is 16.4. The molecule has 0 bridgehead atoms. The minimum absolute atomic E-state index is 0.0993. The number of aromatic carboxylic acids is 1. The lowest BCUT2D eigenvalue weighted by atomic mass is 10.1. The van der Waals surface area contributed by atoms with Crippen molar-refractivity contribution in [2.75, 3.05) is 41.3 Å². The predicted octanol–water partition coefficient (Wildman–Crippen LogP) is 3.24. The van der Waals surface area contributed by atoms with Crippen LogP contribution in [0, 0.1) is 13.8 Å². The summed E-state index contributed by atoms with van der Waals surface area (Å²) in [5, 5.41) is 17.2. The molecule has 1 fully saturated rings. The van der Waals surface area contributed by atoms with Crippen molar-refractivity contribution in [3.8, 4) is 0 Å². The summed E-state index contributed by atoms with van der Waals surface area (Å²) in [5.74, 6) is -0.304. The molecule has 192 valence electrons. The first-order chi connectivity index (χ1) is 17.7. The van der Waals surface area contributed by atoms with Crippen molar-refractivity contribution in [3.05, 3.63) is 81.5 Å². The second-order valence-corrected chi connectivity index (χ2v) is 9.60. The van der Waals surface area contributed by atoms with Crippen LogP contribution >= 0.6 is 0 Å². The van der Waals surface area contributed by atoms with E-state index in [2.05, 4.69) is 20.2 Å². The lowest BCUT2D eigenvalue weighted by Crippen LogP contribution is -2.47. The van der Waals surface area contributed by atoms with Gasteiger partial charge in [0.2, 0.25) is 0 Å². The molecule has 2 N–H and O–H groups in total. The van der Waals surface area contributed by atoms with Crippen molar-refractivity contribution >= 4 is 28.8 Å². The second kappa shape index (κ2) is 9.61. The van der Waals surface area contributed by atoms with Crippen molar-refractivity contribution in [2.24, 2.45) is 7.05 Å². The van der Waals surface area contributed by atoms with E-state index in [4.69, 9.17) is 4.98 Å². The zero-order chi connectivity index (χ0) is 26.3. The van der Waals surface area contributed by atoms with Gasteiger partial charge in [0, 0.05) is 56.9 Å². The number of fused-ring (bicyclic) bond motifs is 1. The highest BCUT2D eigenvalue weighted by Crippen LogP contribution is 2.28. The standard InChI is InChI=1S/C27H31N7O3/c1-17-13-22(19(3)29-23-8-6-5-7-21(23)27(36)37)25-30-24(18(2)26(35)34(25)15-17)33-11-9-32(10-12-33)20-14-28-31(4)16-20/h5-8,13-16,19,29H,9-12H2,1-4H3,(H,36,37)/t19-/m1/s1. The Labute approximate surface area is 214 Å². The van der Waals surface area contributed by atoms with E-state index in [0.717, 1.165) is 43.0 Å². The Kier molecular flexibility index (Phi) is 6.32. The van der Waals surface area contributed by atoms with Crippen molar-refractivity contribution in [3.63, 3.8) is 0 Å². The highest BCUT2D eigenvalue weighted by molar-refractivity contribution is 5.94. The number of aryl methyl sites for hydroxylation is 2. The minimum Gasteiger partial charge on any atom is -0.478 e. The molecule has 0 spiro atoms. The summed E-state index contributed by atoms with van der Waals surface area (Å²) >= 11 is 0. The third-order valence-electron chi connectivity index (χ3n) is 6.92. The van der Waals surface area contributed by atoms with Crippen LogP contribution < -0.4 is 20.7 Å². The van der Waals surface area contributed by atoms with Crippen LogP contribution in [0.3, 0.4) is 0 Å². The Morgan fingerprint density at radius 3 is 2.46 bits per heavy atom. The number of aromatic nitrogens is 4. The number of nitrogens with zero attached hydrogens (tertiary/aromatic N) is 6. The van der Waals surface area contributed by atoms with Gasteiger partial charge < -0.3 is 20.2 Å². The van der Waals surface area contributed by atoms with Crippen LogP contribution in [0.2, 0.25) is 0 Å². The van der Waals surface area contributed by atoms with E-state index in [9.17, 15) is 14.7 Å². The van der Waals surface area contributed by atoms with Gasteiger partial charge in [-0.25, -0.2) is 9.78 Å². The Hall–Kier alpha value is -4.34. The Morgan fingerprint density at radius 2 is 1.78 bits per heavy atom. The SMILES string of the molecule is Cc1cc([C@@H](C)Nc2ccccc2C(=O)O)c2nc(N3CCN(c4cnn(C)c4)CC3)c(C)c(=O)n2c1. The molecule has 1 aliphatic rings. The van der Waals surface area contributed by atoms with Crippen molar-refractivity contribution in [1.29, 1.82) is 0 Å². The van der Waals surface area contributed by atoms with Gasteiger partial charge in [-0.15, -0.1) is 0 Å². The lowest BCUT2D eigenvalue weighted by molar-refractivity contribution is 0.0698. The molecule has 37 heavy (non-hydrogen) atoms. The zero-order valence-corrected chi connectivity index (χ0v) is 21.5. The number of piperazine rings is 1. The van der Waals surface area contributed by atoms with Crippen molar-refractivity contribution in [1.82, 2.24) is 19.2 Å². The second-order valence-electron chi connectivity index (χ2n) is 9.60. The van der Waals surface area contributed by atoms with Crippen LogP contribution in [0.25, 0.3) is 5.65 Å². The molecule has 0 radical (unpaired) electrons. The van der Waals surface area contributed by atoms with Crippen LogP contribution in [0.5, 0.6) is 0 Å². The van der Waals surface area contributed by atoms with Crippen LogP contribution in [-0.2, 0) is 7.05 Å². The molecule has 1 saturated heterocycles. The molecule has 1 aromatic carbocycles. The number of carbonyl (C=O) groups is 1. The van der Waals surface area contributed by atoms with E-state index in [1.165, 1.54) is 0 Å². The van der Waals surface area contributed by atoms with E-state index in [1.807, 2.05) is 52.5 Å². The number of benzene rings is 1. The largest absolute Gasteiger partial charge is 0.478 e. The van der Waals surface area contributed by atoms with Crippen molar-refractivity contribution < 1.29 is 9.90 Å². The molecule has 0 aliphatic carbocycles. The van der Waals surface area contributed by atoms with E-state index in [1.54, 1.807) is 33.3 Å². The smallest absolute Gasteiger partial charge is 0.337 e. The Bertz CT molecular complexity index is 1530.